The van der Waals surface area contributed by atoms with Crippen LogP contribution in [0, 0.1) is 0 Å². The van der Waals surface area contributed by atoms with Crippen molar-refractivity contribution in [3.8, 4) is 0 Å². The molecule has 212 valence electrons. The van der Waals surface area contributed by atoms with Crippen molar-refractivity contribution in [3.63, 3.8) is 0 Å². The van der Waals surface area contributed by atoms with Crippen molar-refractivity contribution < 1.29 is 33.4 Å². The number of unbranched alkanes of at least 4 members (excludes halogenated alkanes) is 2. The molecule has 10 nitrogen and oxygen atoms in total. The van der Waals surface area contributed by atoms with Crippen molar-refractivity contribution in [2.75, 3.05) is 20.3 Å². The maximum Gasteiger partial charge on any atom is 0.410 e. The molecule has 0 spiro atoms. The molecule has 2 heterocycles. The van der Waals surface area contributed by atoms with E-state index >= 15 is 0 Å². The fraction of sp³-hybridized carbons (Fsp3) is 0.517. The molecule has 2 aliphatic rings. The topological polar surface area (TPSA) is 114 Å². The number of rotatable bonds is 12. The maximum atomic E-state index is 13.6. The highest BCUT2D eigenvalue weighted by molar-refractivity contribution is 5.90. The molecule has 1 saturated heterocycles. The molecule has 0 aromatic heterocycles. The Bertz CT molecular complexity index is 1070. The number of carbonyl (C=O) groups excluding carboxylic acids is 4. The fourth-order valence-corrected chi connectivity index (χ4v) is 4.91. The van der Waals surface area contributed by atoms with Crippen LogP contribution in [0.5, 0.6) is 0 Å². The molecule has 1 N–H and O–H groups in total. The number of likely N-dealkylation sites (tertiary alicyclic amines) is 1. The molecule has 0 saturated carbocycles. The SMILES string of the molecule is C=CCCCOC(=O)N[C@@H](CCCC)C(=O)N1C[C@H](OC(=O)N2Cc3cccc(C=C)c3C2)C[C@H]1C(=O)OC. The third kappa shape index (κ3) is 7.61. The molecule has 1 aromatic rings. The Morgan fingerprint density at radius 2 is 1.97 bits per heavy atom. The van der Waals surface area contributed by atoms with E-state index in [9.17, 15) is 19.2 Å². The van der Waals surface area contributed by atoms with Gasteiger partial charge in [-0.3, -0.25) is 9.69 Å². The van der Waals surface area contributed by atoms with Gasteiger partial charge in [0.05, 0.1) is 26.8 Å². The lowest BCUT2D eigenvalue weighted by molar-refractivity contribution is -0.151. The number of amides is 3. The average molecular weight is 542 g/mol. The first-order chi connectivity index (χ1) is 18.8. The molecule has 0 unspecified atom stereocenters. The number of allylic oxidation sites excluding steroid dienone is 1. The monoisotopic (exact) mass is 541 g/mol. The normalized spacial score (nSPS) is 18.6. The Morgan fingerprint density at radius 1 is 1.18 bits per heavy atom. The molecule has 39 heavy (non-hydrogen) atoms. The zero-order valence-electron chi connectivity index (χ0n) is 22.9. The van der Waals surface area contributed by atoms with Crippen molar-refractivity contribution in [1.29, 1.82) is 0 Å². The summed E-state index contributed by atoms with van der Waals surface area (Å²) in [5.74, 6) is -1.04. The van der Waals surface area contributed by atoms with E-state index < -0.39 is 42.3 Å². The van der Waals surface area contributed by atoms with Crippen LogP contribution in [0.25, 0.3) is 6.08 Å². The minimum atomic E-state index is -0.932. The van der Waals surface area contributed by atoms with Crippen LogP contribution in [-0.2, 0) is 36.9 Å². The summed E-state index contributed by atoms with van der Waals surface area (Å²) in [6.45, 7) is 10.5. The van der Waals surface area contributed by atoms with Crippen LogP contribution in [-0.4, -0.2) is 72.3 Å². The summed E-state index contributed by atoms with van der Waals surface area (Å²) in [7, 11) is 1.25. The van der Waals surface area contributed by atoms with Gasteiger partial charge < -0.3 is 24.4 Å². The zero-order valence-corrected chi connectivity index (χ0v) is 22.9. The first-order valence-electron chi connectivity index (χ1n) is 13.4. The van der Waals surface area contributed by atoms with E-state index in [0.717, 1.165) is 23.1 Å². The summed E-state index contributed by atoms with van der Waals surface area (Å²) in [5.41, 5.74) is 3.03. The predicted molar refractivity (Wildman–Crippen MR) is 145 cm³/mol. The molecule has 1 fully saturated rings. The van der Waals surface area contributed by atoms with Crippen LogP contribution in [0.3, 0.4) is 0 Å². The number of carbonyl (C=O) groups is 4. The molecular weight excluding hydrogens is 502 g/mol. The second kappa shape index (κ2) is 14.4. The van der Waals surface area contributed by atoms with E-state index in [0.29, 0.717) is 38.8 Å². The second-order valence-electron chi connectivity index (χ2n) is 9.72. The van der Waals surface area contributed by atoms with Gasteiger partial charge in [-0.05, 0) is 36.0 Å². The largest absolute Gasteiger partial charge is 0.467 e. The molecule has 0 radical (unpaired) electrons. The summed E-state index contributed by atoms with van der Waals surface area (Å²) >= 11 is 0. The van der Waals surface area contributed by atoms with Gasteiger partial charge in [-0.25, -0.2) is 14.4 Å². The molecular formula is C29H39N3O7. The Labute approximate surface area is 229 Å². The first-order valence-corrected chi connectivity index (χ1v) is 13.4. The smallest absolute Gasteiger partial charge is 0.410 e. The fourth-order valence-electron chi connectivity index (χ4n) is 4.91. The number of fused-ring (bicyclic) bond motifs is 1. The minimum absolute atomic E-state index is 0.0156. The highest BCUT2D eigenvalue weighted by atomic mass is 16.6. The lowest BCUT2D eigenvalue weighted by Crippen LogP contribution is -2.52. The van der Waals surface area contributed by atoms with Crippen molar-refractivity contribution in [3.05, 3.63) is 54.1 Å². The maximum absolute atomic E-state index is 13.6. The van der Waals surface area contributed by atoms with Gasteiger partial charge in [-0.15, -0.1) is 6.58 Å². The van der Waals surface area contributed by atoms with Crippen LogP contribution in [0.4, 0.5) is 9.59 Å². The molecule has 0 bridgehead atoms. The van der Waals surface area contributed by atoms with Crippen molar-refractivity contribution in [1.82, 2.24) is 15.1 Å². The number of benzene rings is 1. The van der Waals surface area contributed by atoms with Crippen molar-refractivity contribution in [2.24, 2.45) is 0 Å². The molecule has 0 aliphatic carbocycles. The molecule has 3 amide bonds. The van der Waals surface area contributed by atoms with Crippen LogP contribution in [0.15, 0.2) is 37.4 Å². The Kier molecular flexibility index (Phi) is 11.0. The van der Waals surface area contributed by atoms with Gasteiger partial charge in [0.25, 0.3) is 0 Å². The van der Waals surface area contributed by atoms with Crippen LogP contribution < -0.4 is 5.32 Å². The number of ether oxygens (including phenoxy) is 3. The molecule has 1 aromatic carbocycles. The van der Waals surface area contributed by atoms with Crippen LogP contribution >= 0.6 is 0 Å². The summed E-state index contributed by atoms with van der Waals surface area (Å²) in [6, 6.07) is 4.02. The van der Waals surface area contributed by atoms with E-state index in [4.69, 9.17) is 14.2 Å². The highest BCUT2D eigenvalue weighted by Gasteiger charge is 2.44. The number of nitrogens with one attached hydrogen (secondary N) is 1. The number of hydrogen-bond acceptors (Lipinski definition) is 7. The van der Waals surface area contributed by atoms with E-state index in [-0.39, 0.29) is 19.6 Å². The molecule has 10 heteroatoms. The summed E-state index contributed by atoms with van der Waals surface area (Å²) in [5, 5.41) is 2.65. The van der Waals surface area contributed by atoms with Gasteiger partial charge in [0.1, 0.15) is 18.2 Å². The number of esters is 1. The summed E-state index contributed by atoms with van der Waals surface area (Å²) in [6.07, 6.45) is 4.89. The van der Waals surface area contributed by atoms with Gasteiger partial charge in [0.2, 0.25) is 5.91 Å². The third-order valence-corrected chi connectivity index (χ3v) is 7.01. The van der Waals surface area contributed by atoms with Crippen LogP contribution in [0.1, 0.15) is 62.1 Å². The quantitative estimate of drug-likeness (QED) is 0.183. The number of hydrogen-bond donors (Lipinski definition) is 1. The summed E-state index contributed by atoms with van der Waals surface area (Å²) < 4.78 is 15.9. The van der Waals surface area contributed by atoms with Gasteiger partial charge in [0, 0.05) is 13.0 Å². The number of methoxy groups -OCH3 is 1. The Balaban J connectivity index is 1.66. The van der Waals surface area contributed by atoms with Gasteiger partial charge >= 0.3 is 18.2 Å². The van der Waals surface area contributed by atoms with E-state index in [1.54, 1.807) is 17.1 Å². The van der Waals surface area contributed by atoms with E-state index in [1.165, 1.54) is 12.0 Å². The van der Waals surface area contributed by atoms with E-state index in [1.807, 2.05) is 25.1 Å². The van der Waals surface area contributed by atoms with Crippen molar-refractivity contribution >= 4 is 30.1 Å². The second-order valence-corrected chi connectivity index (χ2v) is 9.72. The highest BCUT2D eigenvalue weighted by Crippen LogP contribution is 2.29. The zero-order chi connectivity index (χ0) is 28.4. The first kappa shape index (κ1) is 29.7. The van der Waals surface area contributed by atoms with Gasteiger partial charge in [-0.1, -0.05) is 56.7 Å². The third-order valence-electron chi connectivity index (χ3n) is 7.01. The minimum Gasteiger partial charge on any atom is -0.467 e. The Morgan fingerprint density at radius 3 is 2.67 bits per heavy atom. The lowest BCUT2D eigenvalue weighted by atomic mass is 10.0. The molecule has 2 aliphatic heterocycles. The Hall–Kier alpha value is -3.82. The van der Waals surface area contributed by atoms with Gasteiger partial charge in [-0.2, -0.15) is 0 Å². The molecule has 3 atom stereocenters. The lowest BCUT2D eigenvalue weighted by Gasteiger charge is -2.27. The predicted octanol–water partition coefficient (Wildman–Crippen LogP) is 4.18. The van der Waals surface area contributed by atoms with E-state index in [2.05, 4.69) is 18.5 Å². The van der Waals surface area contributed by atoms with Crippen molar-refractivity contribution in [2.45, 2.75) is 76.7 Å². The molecule has 3 rings (SSSR count). The van der Waals surface area contributed by atoms with Gasteiger partial charge in [0.15, 0.2) is 0 Å². The van der Waals surface area contributed by atoms with Crippen LogP contribution in [0.2, 0.25) is 0 Å². The standard InChI is InChI=1S/C29H39N3O7/c1-5-8-10-15-38-28(35)30-24(14-9-6-2)26(33)32-18-22(16-25(32)27(34)37-4)39-29(36)31-17-21-13-11-12-20(7-3)23(21)19-31/h5,7,11-13,22,24-25H,1,3,6,8-10,14-19H2,2,4H3,(H,30,35)/t22-,24+,25+/m1/s1. The number of nitrogens with zero attached hydrogens (tertiary/aromatic N) is 2. The number of alkyl carbamates (subject to hydrolysis) is 1. The average Bonchev–Trinajstić information content (AvgIpc) is 3.57. The summed E-state index contributed by atoms with van der Waals surface area (Å²) in [4.78, 5) is 54.5.